The monoisotopic (exact) mass is 160 g/mol. The van der Waals surface area contributed by atoms with Crippen LogP contribution in [0.1, 0.15) is 0 Å². The third-order valence-electron chi connectivity index (χ3n) is 1.35. The molecule has 0 saturated carbocycles. The predicted octanol–water partition coefficient (Wildman–Crippen LogP) is 1.64. The molecule has 0 atom stereocenters. The van der Waals surface area contributed by atoms with Crippen molar-refractivity contribution in [3.8, 4) is 0 Å². The van der Waals surface area contributed by atoms with Crippen LogP contribution in [0.4, 0.5) is 0 Å². The van der Waals surface area contributed by atoms with Gasteiger partial charge in [-0.2, -0.15) is 12.2 Å². The highest BCUT2D eigenvalue weighted by Crippen LogP contribution is 2.18. The summed E-state index contributed by atoms with van der Waals surface area (Å²) in [6.07, 6.45) is 7.60. The van der Waals surface area contributed by atoms with Crippen LogP contribution in [0, 0.1) is 28.7 Å². The van der Waals surface area contributed by atoms with Gasteiger partial charge in [-0.25, -0.2) is 0 Å². The van der Waals surface area contributed by atoms with Crippen molar-refractivity contribution in [2.24, 2.45) is 0 Å². The van der Waals surface area contributed by atoms with E-state index in [0.717, 1.165) is 5.92 Å². The average Bonchev–Trinajstić information content (AvgIpc) is 2.06. The van der Waals surface area contributed by atoms with E-state index in [0.29, 0.717) is 0 Å². The van der Waals surface area contributed by atoms with Gasteiger partial charge in [0.05, 0.1) is 6.04 Å². The summed E-state index contributed by atoms with van der Waals surface area (Å²) in [7, 11) is 0. The number of hydrogen-bond acceptors (Lipinski definition) is 2. The van der Waals surface area contributed by atoms with Crippen molar-refractivity contribution in [2.75, 3.05) is 0 Å². The van der Waals surface area contributed by atoms with Gasteiger partial charge in [-0.15, -0.1) is 0 Å². The molecule has 0 spiro atoms. The lowest BCUT2D eigenvalue weighted by molar-refractivity contribution is -0.448. The lowest BCUT2D eigenvalue weighted by atomic mass is 10.0. The van der Waals surface area contributed by atoms with Crippen molar-refractivity contribution in [2.45, 2.75) is 0 Å². The van der Waals surface area contributed by atoms with Gasteiger partial charge in [0, 0.05) is 0 Å². The zero-order valence-corrected chi connectivity index (χ0v) is 6.23. The second kappa shape index (κ2) is 3.51. The summed E-state index contributed by atoms with van der Waals surface area (Å²) in [5.41, 5.74) is 2.34. The minimum atomic E-state index is -0.445. The third kappa shape index (κ3) is 1.81. The van der Waals surface area contributed by atoms with Gasteiger partial charge in [-0.3, -0.25) is 28.3 Å². The maximum atomic E-state index is 10.2. The molecular weight excluding hydrogens is 154 g/mol. The van der Waals surface area contributed by atoms with E-state index < -0.39 is 4.92 Å². The molecule has 0 unspecified atom stereocenters. The Morgan fingerprint density at radius 2 is 2.00 bits per heavy atom. The van der Waals surface area contributed by atoms with E-state index >= 15 is 0 Å². The normalized spacial score (nSPS) is 14.3. The Kier molecular flexibility index (Phi) is 2.41. The Morgan fingerprint density at radius 1 is 1.42 bits per heavy atom. The molecule has 0 aromatic heterocycles. The van der Waals surface area contributed by atoms with Crippen LogP contribution in [0.25, 0.3) is 0 Å². The SMILES string of the molecule is [CH-]=C=C[C-]1C=C[C-]([N+](=O)[O-])C=C1. The third-order valence-corrected chi connectivity index (χ3v) is 1.35. The first-order valence-corrected chi connectivity index (χ1v) is 3.28. The molecule has 1 aliphatic rings. The van der Waals surface area contributed by atoms with E-state index in [1.807, 2.05) is 0 Å². The minimum absolute atomic E-state index is 0.0733. The number of allylic oxidation sites excluding steroid dienone is 3. The molecule has 62 valence electrons. The van der Waals surface area contributed by atoms with Gasteiger partial charge in [-0.05, 0) is 4.92 Å². The maximum Gasteiger partial charge on any atom is 0.0854 e. The Labute approximate surface area is 70.5 Å². The summed E-state index contributed by atoms with van der Waals surface area (Å²) < 4.78 is 0. The Balaban J connectivity index is 2.66. The van der Waals surface area contributed by atoms with Gasteiger partial charge in [-0.1, -0.05) is 0 Å². The largest absolute Gasteiger partial charge is 0.448 e. The van der Waals surface area contributed by atoms with E-state index in [2.05, 4.69) is 5.73 Å². The Hall–Kier alpha value is -1.86. The summed E-state index contributed by atoms with van der Waals surface area (Å²) >= 11 is 0. The molecule has 0 N–H and O–H groups in total. The highest BCUT2D eigenvalue weighted by atomic mass is 16.6. The quantitative estimate of drug-likeness (QED) is 0.267. The molecule has 0 amide bonds. The van der Waals surface area contributed by atoms with Crippen molar-refractivity contribution in [3.63, 3.8) is 0 Å². The molecule has 0 bridgehead atoms. The van der Waals surface area contributed by atoms with Crippen LogP contribution in [-0.4, -0.2) is 4.92 Å². The molecule has 0 aromatic rings. The second-order valence-corrected chi connectivity index (χ2v) is 2.16. The van der Waals surface area contributed by atoms with Crippen molar-refractivity contribution < 1.29 is 4.92 Å². The molecule has 0 radical (unpaired) electrons. The Bertz CT molecular complexity index is 257. The number of nitrogens with zero attached hydrogens (tertiary/aromatic N) is 1. The smallest absolute Gasteiger partial charge is 0.0854 e. The topological polar surface area (TPSA) is 43.1 Å². The molecule has 3 nitrogen and oxygen atoms in total. The standard InChI is InChI=1S/C9H6NO2/c1-2-3-8-4-6-9(7-5-8)10(11)12/h1,3-7H/q-3. The number of rotatable bonds is 2. The van der Waals surface area contributed by atoms with Gasteiger partial charge in [0.2, 0.25) is 0 Å². The summed E-state index contributed by atoms with van der Waals surface area (Å²) in [4.78, 5) is 9.78. The van der Waals surface area contributed by atoms with Crippen molar-refractivity contribution in [1.29, 1.82) is 0 Å². The number of hydrogen-bond donors (Lipinski definition) is 0. The van der Waals surface area contributed by atoms with E-state index in [1.165, 1.54) is 12.2 Å². The molecule has 1 rings (SSSR count). The molecule has 0 aliphatic heterocycles. The van der Waals surface area contributed by atoms with E-state index in [-0.39, 0.29) is 6.04 Å². The molecule has 0 saturated heterocycles. The van der Waals surface area contributed by atoms with Crippen LogP contribution in [-0.2, 0) is 0 Å². The van der Waals surface area contributed by atoms with Crippen LogP contribution in [0.2, 0.25) is 0 Å². The fourth-order valence-corrected chi connectivity index (χ4v) is 0.788. The highest BCUT2D eigenvalue weighted by Gasteiger charge is 1.99. The van der Waals surface area contributed by atoms with Gasteiger partial charge in [0.1, 0.15) is 0 Å². The zero-order chi connectivity index (χ0) is 8.97. The summed E-state index contributed by atoms with van der Waals surface area (Å²) in [5, 5.41) is 10.2. The van der Waals surface area contributed by atoms with Crippen LogP contribution in [0.3, 0.4) is 0 Å². The first-order valence-electron chi connectivity index (χ1n) is 3.28. The fraction of sp³-hybridized carbons (Fsp3) is 0. The molecule has 1 aliphatic carbocycles. The zero-order valence-electron chi connectivity index (χ0n) is 6.23. The van der Waals surface area contributed by atoms with Gasteiger partial charge in [0.25, 0.3) is 0 Å². The first kappa shape index (κ1) is 8.24. The van der Waals surface area contributed by atoms with Crippen LogP contribution in [0.15, 0.2) is 36.1 Å². The maximum absolute atomic E-state index is 10.2. The average molecular weight is 160 g/mol. The van der Waals surface area contributed by atoms with Crippen LogP contribution >= 0.6 is 0 Å². The molecule has 0 fully saturated rings. The first-order chi connectivity index (χ1) is 5.74. The minimum Gasteiger partial charge on any atom is -0.448 e. The molecule has 3 heteroatoms. The molecule has 0 aromatic carbocycles. The predicted molar refractivity (Wildman–Crippen MR) is 44.1 cm³/mol. The highest BCUT2D eigenvalue weighted by molar-refractivity contribution is 5.41. The van der Waals surface area contributed by atoms with Crippen molar-refractivity contribution >= 4 is 0 Å². The number of nitro groups is 1. The van der Waals surface area contributed by atoms with Crippen LogP contribution < -0.4 is 0 Å². The van der Waals surface area contributed by atoms with Crippen LogP contribution in [0.5, 0.6) is 0 Å². The van der Waals surface area contributed by atoms with Crippen molar-refractivity contribution in [3.05, 3.63) is 64.8 Å². The van der Waals surface area contributed by atoms with E-state index in [4.69, 9.17) is 6.58 Å². The second-order valence-electron chi connectivity index (χ2n) is 2.16. The molecular formula is C9H6NO2-3. The summed E-state index contributed by atoms with van der Waals surface area (Å²) in [5.74, 6) is 0.795. The van der Waals surface area contributed by atoms with Gasteiger partial charge < -0.3 is 18.2 Å². The summed E-state index contributed by atoms with van der Waals surface area (Å²) in [6.45, 7) is 5.02. The lowest BCUT2D eigenvalue weighted by Crippen LogP contribution is -2.07. The summed E-state index contributed by atoms with van der Waals surface area (Å²) in [6, 6.07) is 0.0733. The molecule has 12 heavy (non-hydrogen) atoms. The lowest BCUT2D eigenvalue weighted by Gasteiger charge is -2.27. The van der Waals surface area contributed by atoms with Gasteiger partial charge in [0.15, 0.2) is 0 Å². The fourth-order valence-electron chi connectivity index (χ4n) is 0.788. The Morgan fingerprint density at radius 3 is 2.42 bits per heavy atom. The van der Waals surface area contributed by atoms with E-state index in [9.17, 15) is 10.1 Å². The van der Waals surface area contributed by atoms with Crippen molar-refractivity contribution in [1.82, 2.24) is 0 Å². The van der Waals surface area contributed by atoms with Gasteiger partial charge >= 0.3 is 0 Å². The molecule has 0 heterocycles. The van der Waals surface area contributed by atoms with E-state index in [1.54, 1.807) is 18.2 Å².